The molecule has 0 saturated heterocycles. The minimum atomic E-state index is -0.902. The molecule has 126 valence electrons. The van der Waals surface area contributed by atoms with E-state index in [-0.39, 0.29) is 24.8 Å². The van der Waals surface area contributed by atoms with Crippen molar-refractivity contribution >= 4 is 17.2 Å². The zero-order chi connectivity index (χ0) is 16.9. The van der Waals surface area contributed by atoms with E-state index in [1.807, 2.05) is 30.7 Å². The van der Waals surface area contributed by atoms with Crippen LogP contribution in [0, 0.1) is 5.92 Å². The van der Waals surface area contributed by atoms with Gasteiger partial charge in [0.15, 0.2) is 0 Å². The fourth-order valence-corrected chi connectivity index (χ4v) is 2.69. The van der Waals surface area contributed by atoms with Crippen molar-refractivity contribution < 1.29 is 14.3 Å². The average Bonchev–Trinajstić information content (AvgIpc) is 3.20. The van der Waals surface area contributed by atoms with Crippen molar-refractivity contribution in [2.45, 2.75) is 45.6 Å². The van der Waals surface area contributed by atoms with Gasteiger partial charge >= 0.3 is 0 Å². The number of nitrogens with zero attached hydrogens (tertiary/aromatic N) is 2. The quantitative estimate of drug-likeness (QED) is 0.773. The summed E-state index contributed by atoms with van der Waals surface area (Å²) in [7, 11) is 0. The van der Waals surface area contributed by atoms with E-state index in [2.05, 4.69) is 15.5 Å². The fraction of sp³-hybridized carbons (Fsp3) is 0.562. The Bertz CT molecular complexity index is 622. The Hall–Kier alpha value is -1.73. The molecule has 7 heteroatoms. The number of nitrogens with one attached hydrogen (secondary N) is 1. The van der Waals surface area contributed by atoms with Crippen molar-refractivity contribution in [3.63, 3.8) is 0 Å². The van der Waals surface area contributed by atoms with Crippen molar-refractivity contribution in [2.24, 2.45) is 5.92 Å². The van der Waals surface area contributed by atoms with E-state index in [4.69, 9.17) is 4.42 Å². The molecule has 0 saturated carbocycles. The molecule has 2 aromatic rings. The number of aryl methyl sites for hydroxylation is 1. The molecule has 2 unspecified atom stereocenters. The van der Waals surface area contributed by atoms with Crippen LogP contribution in [0.5, 0.6) is 0 Å². The maximum atomic E-state index is 11.9. The van der Waals surface area contributed by atoms with Crippen LogP contribution in [0.15, 0.2) is 21.2 Å². The van der Waals surface area contributed by atoms with Crippen LogP contribution in [0.1, 0.15) is 39.5 Å². The standard InChI is InChI=1S/C16H23N3O3S/c1-4-11(2)16(3,21)10-17-13(20)5-6-14-18-19-15(22-14)12-7-8-23-9-12/h7-9,11,21H,4-6,10H2,1-3H3,(H,17,20). The van der Waals surface area contributed by atoms with Crippen LogP contribution in [0.4, 0.5) is 0 Å². The van der Waals surface area contributed by atoms with Crippen molar-refractivity contribution in [2.75, 3.05) is 6.54 Å². The van der Waals surface area contributed by atoms with Crippen LogP contribution >= 0.6 is 11.3 Å². The lowest BCUT2D eigenvalue weighted by Gasteiger charge is -2.29. The molecule has 6 nitrogen and oxygen atoms in total. The third-order valence-corrected chi connectivity index (χ3v) is 4.80. The lowest BCUT2D eigenvalue weighted by Crippen LogP contribution is -2.45. The summed E-state index contributed by atoms with van der Waals surface area (Å²) in [5, 5.41) is 24.8. The molecule has 0 aromatic carbocycles. The van der Waals surface area contributed by atoms with Crippen molar-refractivity contribution in [3.05, 3.63) is 22.7 Å². The van der Waals surface area contributed by atoms with Gasteiger partial charge in [0.05, 0.1) is 5.60 Å². The maximum absolute atomic E-state index is 11.9. The zero-order valence-electron chi connectivity index (χ0n) is 13.7. The van der Waals surface area contributed by atoms with Gasteiger partial charge in [0.2, 0.25) is 17.7 Å². The molecule has 2 atom stereocenters. The number of carbonyl (C=O) groups excluding carboxylic acids is 1. The van der Waals surface area contributed by atoms with Gasteiger partial charge in [-0.2, -0.15) is 11.3 Å². The summed E-state index contributed by atoms with van der Waals surface area (Å²) < 4.78 is 5.53. The molecular weight excluding hydrogens is 314 g/mol. The lowest BCUT2D eigenvalue weighted by atomic mass is 9.88. The van der Waals surface area contributed by atoms with E-state index in [9.17, 15) is 9.90 Å². The molecule has 0 aliphatic rings. The largest absolute Gasteiger partial charge is 0.421 e. The SMILES string of the molecule is CCC(C)C(C)(O)CNC(=O)CCc1nnc(-c2ccsc2)o1. The zero-order valence-corrected chi connectivity index (χ0v) is 14.5. The Balaban J connectivity index is 1.79. The van der Waals surface area contributed by atoms with Crippen molar-refractivity contribution in [1.29, 1.82) is 0 Å². The van der Waals surface area contributed by atoms with Gasteiger partial charge in [-0.3, -0.25) is 4.79 Å². The van der Waals surface area contributed by atoms with E-state index in [0.29, 0.717) is 18.2 Å². The summed E-state index contributed by atoms with van der Waals surface area (Å²) in [5.41, 5.74) is -0.0103. The molecule has 0 bridgehead atoms. The molecule has 0 fully saturated rings. The van der Waals surface area contributed by atoms with Gasteiger partial charge in [0.1, 0.15) is 0 Å². The first kappa shape index (κ1) is 17.6. The number of aliphatic hydroxyl groups is 1. The van der Waals surface area contributed by atoms with Crippen LogP contribution in [-0.4, -0.2) is 33.4 Å². The normalized spacial score (nSPS) is 15.1. The summed E-state index contributed by atoms with van der Waals surface area (Å²) in [6.07, 6.45) is 1.49. The fourth-order valence-electron chi connectivity index (χ4n) is 2.06. The van der Waals surface area contributed by atoms with Crippen LogP contribution in [0.2, 0.25) is 0 Å². The first-order valence-corrected chi connectivity index (χ1v) is 8.70. The Morgan fingerprint density at radius 1 is 1.52 bits per heavy atom. The number of aromatic nitrogens is 2. The minimum Gasteiger partial charge on any atom is -0.421 e. The highest BCUT2D eigenvalue weighted by molar-refractivity contribution is 7.08. The van der Waals surface area contributed by atoms with Crippen molar-refractivity contribution in [1.82, 2.24) is 15.5 Å². The van der Waals surface area contributed by atoms with E-state index in [1.165, 1.54) is 0 Å². The Morgan fingerprint density at radius 2 is 2.30 bits per heavy atom. The molecule has 2 N–H and O–H groups in total. The lowest BCUT2D eigenvalue weighted by molar-refractivity contribution is -0.122. The van der Waals surface area contributed by atoms with E-state index in [0.717, 1.165) is 12.0 Å². The highest BCUT2D eigenvalue weighted by atomic mass is 32.1. The summed E-state index contributed by atoms with van der Waals surface area (Å²) in [6, 6.07) is 1.91. The topological polar surface area (TPSA) is 88.2 Å². The molecule has 0 aliphatic heterocycles. The summed E-state index contributed by atoms with van der Waals surface area (Å²) in [5.74, 6) is 0.896. The first-order chi connectivity index (χ1) is 10.9. The summed E-state index contributed by atoms with van der Waals surface area (Å²) in [4.78, 5) is 11.9. The highest BCUT2D eigenvalue weighted by Gasteiger charge is 2.27. The van der Waals surface area contributed by atoms with Crippen molar-refractivity contribution in [3.8, 4) is 11.5 Å². The monoisotopic (exact) mass is 337 g/mol. The van der Waals surface area contributed by atoms with Crippen LogP contribution in [-0.2, 0) is 11.2 Å². The second-order valence-electron chi connectivity index (χ2n) is 5.96. The molecular formula is C16H23N3O3S. The van der Waals surface area contributed by atoms with Gasteiger partial charge < -0.3 is 14.8 Å². The number of hydrogen-bond acceptors (Lipinski definition) is 6. The highest BCUT2D eigenvalue weighted by Crippen LogP contribution is 2.21. The molecule has 2 rings (SSSR count). The van der Waals surface area contributed by atoms with E-state index < -0.39 is 5.60 Å². The van der Waals surface area contributed by atoms with Gasteiger partial charge in [0.25, 0.3) is 0 Å². The van der Waals surface area contributed by atoms with Crippen LogP contribution in [0.25, 0.3) is 11.5 Å². The molecule has 2 heterocycles. The number of thiophene rings is 1. The smallest absolute Gasteiger partial charge is 0.248 e. The van der Waals surface area contributed by atoms with Crippen LogP contribution < -0.4 is 5.32 Å². The Kier molecular flexibility index (Phi) is 5.90. The number of rotatable bonds is 8. The van der Waals surface area contributed by atoms with Gasteiger partial charge in [-0.25, -0.2) is 0 Å². The molecule has 0 aliphatic carbocycles. The summed E-state index contributed by atoms with van der Waals surface area (Å²) in [6.45, 7) is 5.97. The molecule has 1 amide bonds. The molecule has 0 spiro atoms. The van der Waals surface area contributed by atoms with E-state index >= 15 is 0 Å². The third-order valence-electron chi connectivity index (χ3n) is 4.12. The number of carbonyl (C=O) groups is 1. The number of hydrogen-bond donors (Lipinski definition) is 2. The molecule has 0 radical (unpaired) electrons. The second kappa shape index (κ2) is 7.70. The second-order valence-corrected chi connectivity index (χ2v) is 6.74. The number of amides is 1. The maximum Gasteiger partial charge on any atom is 0.248 e. The van der Waals surface area contributed by atoms with E-state index in [1.54, 1.807) is 18.3 Å². The predicted molar refractivity (Wildman–Crippen MR) is 89.0 cm³/mol. The predicted octanol–water partition coefficient (Wildman–Crippen LogP) is 2.64. The van der Waals surface area contributed by atoms with Gasteiger partial charge in [-0.15, -0.1) is 10.2 Å². The Labute approximate surface area is 139 Å². The van der Waals surface area contributed by atoms with Gasteiger partial charge in [-0.1, -0.05) is 20.3 Å². The first-order valence-electron chi connectivity index (χ1n) is 7.76. The van der Waals surface area contributed by atoms with Crippen LogP contribution in [0.3, 0.4) is 0 Å². The van der Waals surface area contributed by atoms with Gasteiger partial charge in [0, 0.05) is 30.3 Å². The minimum absolute atomic E-state index is 0.118. The Morgan fingerprint density at radius 3 is 2.96 bits per heavy atom. The van der Waals surface area contributed by atoms with Gasteiger partial charge in [-0.05, 0) is 24.3 Å². The molecule has 23 heavy (non-hydrogen) atoms. The average molecular weight is 337 g/mol. The third kappa shape index (κ3) is 4.87. The molecule has 2 aromatic heterocycles. The summed E-state index contributed by atoms with van der Waals surface area (Å²) >= 11 is 1.56.